The molecule has 1 aliphatic rings. The Kier molecular flexibility index (Phi) is 9.39. The van der Waals surface area contributed by atoms with Crippen LogP contribution in [-0.2, 0) is 22.8 Å². The molecule has 45 heavy (non-hydrogen) atoms. The number of imide groups is 2. The van der Waals surface area contributed by atoms with Crippen molar-refractivity contribution in [3.8, 4) is 23.0 Å². The molecule has 0 saturated carbocycles. The molecule has 0 unspecified atom stereocenters. The van der Waals surface area contributed by atoms with Crippen molar-refractivity contribution in [2.75, 3.05) is 19.1 Å². The number of rotatable bonds is 10. The smallest absolute Gasteiger partial charge is 0.335 e. The van der Waals surface area contributed by atoms with Crippen molar-refractivity contribution in [3.05, 3.63) is 117 Å². The van der Waals surface area contributed by atoms with Gasteiger partial charge in [-0.15, -0.1) is 0 Å². The molecular formula is C35H31ClN2O7. The molecule has 1 N–H and O–H groups in total. The van der Waals surface area contributed by atoms with Gasteiger partial charge in [0.2, 0.25) is 0 Å². The molecule has 1 saturated heterocycles. The summed E-state index contributed by atoms with van der Waals surface area (Å²) in [7, 11) is 3.02. The number of nitrogens with zero attached hydrogens (tertiary/aromatic N) is 1. The average Bonchev–Trinajstić information content (AvgIpc) is 3.03. The Labute approximate surface area is 265 Å². The Bertz CT molecular complexity index is 1800. The van der Waals surface area contributed by atoms with Crippen LogP contribution in [0, 0.1) is 13.8 Å². The first-order valence-corrected chi connectivity index (χ1v) is 14.4. The minimum atomic E-state index is -0.822. The quantitative estimate of drug-likeness (QED) is 0.153. The Hall–Kier alpha value is -5.28. The van der Waals surface area contributed by atoms with Crippen LogP contribution in [-0.4, -0.2) is 32.1 Å². The van der Waals surface area contributed by atoms with E-state index in [9.17, 15) is 14.4 Å². The number of amides is 4. The predicted molar refractivity (Wildman–Crippen MR) is 171 cm³/mol. The highest BCUT2D eigenvalue weighted by Crippen LogP contribution is 2.38. The van der Waals surface area contributed by atoms with Gasteiger partial charge >= 0.3 is 6.03 Å². The maximum absolute atomic E-state index is 13.4. The van der Waals surface area contributed by atoms with Crippen molar-refractivity contribution in [3.63, 3.8) is 0 Å². The first kappa shape index (κ1) is 31.2. The van der Waals surface area contributed by atoms with E-state index < -0.39 is 17.8 Å². The van der Waals surface area contributed by atoms with Gasteiger partial charge in [-0.05, 0) is 84.1 Å². The Morgan fingerprint density at radius 1 is 0.756 bits per heavy atom. The summed E-state index contributed by atoms with van der Waals surface area (Å²) < 4.78 is 23.0. The third kappa shape index (κ3) is 6.94. The van der Waals surface area contributed by atoms with Crippen LogP contribution in [0.5, 0.6) is 23.0 Å². The van der Waals surface area contributed by atoms with Gasteiger partial charge < -0.3 is 18.9 Å². The largest absolute Gasteiger partial charge is 0.493 e. The summed E-state index contributed by atoms with van der Waals surface area (Å²) in [4.78, 5) is 39.6. The lowest BCUT2D eigenvalue weighted by molar-refractivity contribution is -0.122. The SMILES string of the molecule is COc1cc(COc2c(Cl)cc(/C=C3/C(=O)NC(=O)N(c4ccc(C)c(C)c4)C3=O)cc2OC)ccc1OCc1ccccc1. The number of hydrogen-bond donors (Lipinski definition) is 1. The van der Waals surface area contributed by atoms with Gasteiger partial charge in [-0.1, -0.05) is 54.1 Å². The summed E-state index contributed by atoms with van der Waals surface area (Å²) in [6.45, 7) is 4.33. The molecule has 4 aromatic carbocycles. The van der Waals surface area contributed by atoms with Crippen LogP contribution < -0.4 is 29.2 Å². The molecule has 0 aliphatic carbocycles. The average molecular weight is 627 g/mol. The number of ether oxygens (including phenoxy) is 4. The molecule has 1 heterocycles. The number of carbonyl (C=O) groups excluding carboxylic acids is 3. The van der Waals surface area contributed by atoms with Gasteiger partial charge in [0, 0.05) is 0 Å². The number of aryl methyl sites for hydroxylation is 2. The number of benzene rings is 4. The number of anilines is 1. The molecule has 10 heteroatoms. The van der Waals surface area contributed by atoms with Gasteiger partial charge in [-0.3, -0.25) is 14.9 Å². The monoisotopic (exact) mass is 626 g/mol. The molecule has 0 spiro atoms. The number of urea groups is 1. The molecule has 4 amide bonds. The fourth-order valence-corrected chi connectivity index (χ4v) is 4.97. The Morgan fingerprint density at radius 3 is 2.20 bits per heavy atom. The van der Waals surface area contributed by atoms with Gasteiger partial charge in [-0.25, -0.2) is 9.69 Å². The summed E-state index contributed by atoms with van der Waals surface area (Å²) in [5, 5.41) is 2.43. The number of nitrogens with one attached hydrogen (secondary N) is 1. The standard InChI is InChI=1S/C35H31ClN2O7/c1-21-10-12-26(14-22(21)2)38-34(40)27(33(39)37-35(38)41)15-25-16-28(36)32(31(18-25)43-4)45-20-24-11-13-29(30(17-24)42-3)44-19-23-8-6-5-7-9-23/h5-18H,19-20H2,1-4H3,(H,37,39,41)/b27-15-. The normalized spacial score (nSPS) is 13.9. The van der Waals surface area contributed by atoms with Crippen LogP contribution in [0.1, 0.15) is 27.8 Å². The zero-order valence-electron chi connectivity index (χ0n) is 25.2. The second-order valence-corrected chi connectivity index (χ2v) is 10.7. The number of barbiturate groups is 1. The lowest BCUT2D eigenvalue weighted by Crippen LogP contribution is -2.54. The van der Waals surface area contributed by atoms with Gasteiger partial charge in [0.1, 0.15) is 18.8 Å². The van der Waals surface area contributed by atoms with Crippen molar-refractivity contribution >= 4 is 41.2 Å². The van der Waals surface area contributed by atoms with Crippen LogP contribution in [0.2, 0.25) is 5.02 Å². The topological polar surface area (TPSA) is 103 Å². The molecule has 1 fully saturated rings. The van der Waals surface area contributed by atoms with Crippen LogP contribution in [0.15, 0.2) is 84.4 Å². The fourth-order valence-electron chi connectivity index (χ4n) is 4.70. The van der Waals surface area contributed by atoms with Crippen molar-refractivity contribution in [1.29, 1.82) is 0 Å². The minimum absolute atomic E-state index is 0.139. The molecule has 0 bridgehead atoms. The molecular weight excluding hydrogens is 596 g/mol. The highest BCUT2D eigenvalue weighted by Gasteiger charge is 2.37. The number of hydrogen-bond acceptors (Lipinski definition) is 7. The Balaban J connectivity index is 1.34. The van der Waals surface area contributed by atoms with Crippen LogP contribution in [0.25, 0.3) is 6.08 Å². The summed E-state index contributed by atoms with van der Waals surface area (Å²) in [5.41, 5.74) is 4.25. The first-order chi connectivity index (χ1) is 21.7. The lowest BCUT2D eigenvalue weighted by atomic mass is 10.0. The van der Waals surface area contributed by atoms with E-state index in [1.165, 1.54) is 13.2 Å². The third-order valence-electron chi connectivity index (χ3n) is 7.26. The van der Waals surface area contributed by atoms with Gasteiger partial charge in [0.25, 0.3) is 11.8 Å². The maximum Gasteiger partial charge on any atom is 0.335 e. The first-order valence-electron chi connectivity index (χ1n) is 14.0. The van der Waals surface area contributed by atoms with Crippen molar-refractivity contribution in [2.45, 2.75) is 27.1 Å². The van der Waals surface area contributed by atoms with Gasteiger partial charge in [0.05, 0.1) is 24.9 Å². The van der Waals surface area contributed by atoms with E-state index in [-0.39, 0.29) is 28.7 Å². The van der Waals surface area contributed by atoms with Gasteiger partial charge in [0.15, 0.2) is 23.0 Å². The third-order valence-corrected chi connectivity index (χ3v) is 7.54. The van der Waals surface area contributed by atoms with Crippen molar-refractivity contribution in [1.82, 2.24) is 5.32 Å². The molecule has 0 radical (unpaired) electrons. The molecule has 4 aromatic rings. The zero-order valence-corrected chi connectivity index (χ0v) is 25.9. The molecule has 9 nitrogen and oxygen atoms in total. The van der Waals surface area contributed by atoms with E-state index in [2.05, 4.69) is 5.32 Å². The summed E-state index contributed by atoms with van der Waals surface area (Å²) in [6.07, 6.45) is 1.36. The molecule has 0 atom stereocenters. The highest BCUT2D eigenvalue weighted by atomic mass is 35.5. The lowest BCUT2D eigenvalue weighted by Gasteiger charge is -2.27. The molecule has 5 rings (SSSR count). The minimum Gasteiger partial charge on any atom is -0.493 e. The predicted octanol–water partition coefficient (Wildman–Crippen LogP) is 6.80. The van der Waals surface area contributed by atoms with E-state index in [0.29, 0.717) is 29.4 Å². The number of methoxy groups -OCH3 is 2. The van der Waals surface area contributed by atoms with E-state index in [1.807, 2.05) is 62.4 Å². The van der Waals surface area contributed by atoms with Crippen LogP contribution >= 0.6 is 11.6 Å². The fraction of sp³-hybridized carbons (Fsp3) is 0.171. The molecule has 0 aromatic heterocycles. The van der Waals surface area contributed by atoms with Gasteiger partial charge in [-0.2, -0.15) is 0 Å². The number of carbonyl (C=O) groups is 3. The summed E-state index contributed by atoms with van der Waals surface area (Å²) in [5.74, 6) is 0.136. The van der Waals surface area contributed by atoms with Crippen LogP contribution in [0.3, 0.4) is 0 Å². The summed E-state index contributed by atoms with van der Waals surface area (Å²) >= 11 is 6.60. The second kappa shape index (κ2) is 13.6. The van der Waals surface area contributed by atoms with E-state index in [4.69, 9.17) is 30.5 Å². The zero-order chi connectivity index (χ0) is 32.1. The highest BCUT2D eigenvalue weighted by molar-refractivity contribution is 6.39. The van der Waals surface area contributed by atoms with Crippen molar-refractivity contribution < 1.29 is 33.3 Å². The number of halogens is 1. The van der Waals surface area contributed by atoms with E-state index in [1.54, 1.807) is 37.4 Å². The van der Waals surface area contributed by atoms with E-state index in [0.717, 1.165) is 27.2 Å². The van der Waals surface area contributed by atoms with E-state index >= 15 is 0 Å². The summed E-state index contributed by atoms with van der Waals surface area (Å²) in [6, 6.07) is 22.8. The van der Waals surface area contributed by atoms with Crippen LogP contribution in [0.4, 0.5) is 10.5 Å². The molecule has 230 valence electrons. The second-order valence-electron chi connectivity index (χ2n) is 10.3. The Morgan fingerprint density at radius 2 is 1.49 bits per heavy atom. The van der Waals surface area contributed by atoms with Crippen molar-refractivity contribution in [2.24, 2.45) is 0 Å². The molecule has 1 aliphatic heterocycles. The maximum atomic E-state index is 13.4.